The van der Waals surface area contributed by atoms with Crippen molar-refractivity contribution in [2.75, 3.05) is 0 Å². The predicted molar refractivity (Wildman–Crippen MR) is 171 cm³/mol. The topological polar surface area (TPSA) is 46.5 Å². The van der Waals surface area contributed by atoms with Crippen LogP contribution in [0, 0.1) is 0 Å². The molecule has 194 valence electrons. The van der Waals surface area contributed by atoms with Crippen LogP contribution in [0.5, 0.6) is 0 Å². The standard InChI is InChI=1S/C37H26N4/c1-2-9-26(10-3-1)24-41-34-16-7-4-12-29(34)31-23-25(18-22-35(31)41)17-20-28-21-19-27-11-8-13-30(36(27)38-28)37-39-32-14-5-6-15-33(32)40-37/h1-23H,24H2,(H,39,40)/b20-17+. The van der Waals surface area contributed by atoms with Crippen molar-refractivity contribution < 1.29 is 0 Å². The van der Waals surface area contributed by atoms with Gasteiger partial charge in [-0.05, 0) is 59.7 Å². The number of aromatic amines is 1. The van der Waals surface area contributed by atoms with Gasteiger partial charge in [0, 0.05) is 39.3 Å². The predicted octanol–water partition coefficient (Wildman–Crippen LogP) is 9.10. The number of hydrogen-bond acceptors (Lipinski definition) is 2. The van der Waals surface area contributed by atoms with E-state index in [-0.39, 0.29) is 0 Å². The normalized spacial score (nSPS) is 11.9. The number of aromatic nitrogens is 4. The zero-order chi connectivity index (χ0) is 27.2. The number of hydrogen-bond donors (Lipinski definition) is 1. The van der Waals surface area contributed by atoms with E-state index in [0.717, 1.165) is 51.1 Å². The van der Waals surface area contributed by atoms with Crippen molar-refractivity contribution in [2.45, 2.75) is 6.54 Å². The Bertz CT molecular complexity index is 2200. The molecule has 0 amide bonds. The number of benzene rings is 5. The number of fused-ring (bicyclic) bond motifs is 5. The molecule has 3 aromatic heterocycles. The van der Waals surface area contributed by atoms with Crippen molar-refractivity contribution in [2.24, 2.45) is 0 Å². The van der Waals surface area contributed by atoms with Crippen LogP contribution in [0.25, 0.3) is 67.3 Å². The van der Waals surface area contributed by atoms with Gasteiger partial charge in [0.2, 0.25) is 0 Å². The summed E-state index contributed by atoms with van der Waals surface area (Å²) in [5, 5.41) is 3.62. The van der Waals surface area contributed by atoms with Gasteiger partial charge in [0.1, 0.15) is 5.82 Å². The molecule has 3 heterocycles. The molecule has 0 aliphatic heterocycles. The van der Waals surface area contributed by atoms with Crippen LogP contribution in [0.1, 0.15) is 16.8 Å². The number of H-pyrrole nitrogens is 1. The van der Waals surface area contributed by atoms with Crippen LogP contribution in [0.15, 0.2) is 127 Å². The van der Waals surface area contributed by atoms with Crippen molar-refractivity contribution in [1.29, 1.82) is 0 Å². The third-order valence-corrected chi connectivity index (χ3v) is 7.81. The van der Waals surface area contributed by atoms with E-state index in [1.165, 1.54) is 27.4 Å². The SMILES string of the molecule is C(=C\c1ccc2cccc(-c3nc4ccccc4[nH]3)c2n1)/c1ccc2c(c1)c1ccccc1n2Cc1ccccc1. The fourth-order valence-electron chi connectivity index (χ4n) is 5.82. The summed E-state index contributed by atoms with van der Waals surface area (Å²) >= 11 is 0. The fraction of sp³-hybridized carbons (Fsp3) is 0.0270. The summed E-state index contributed by atoms with van der Waals surface area (Å²) in [7, 11) is 0. The lowest BCUT2D eigenvalue weighted by molar-refractivity contribution is 0.869. The molecule has 0 spiro atoms. The molecule has 41 heavy (non-hydrogen) atoms. The molecule has 5 aromatic carbocycles. The summed E-state index contributed by atoms with van der Waals surface area (Å²) in [5.41, 5.74) is 9.76. The summed E-state index contributed by atoms with van der Waals surface area (Å²) in [4.78, 5) is 13.3. The lowest BCUT2D eigenvalue weighted by atomic mass is 10.1. The minimum atomic E-state index is 0.836. The van der Waals surface area contributed by atoms with Gasteiger partial charge in [-0.1, -0.05) is 91.0 Å². The number of para-hydroxylation sites is 4. The van der Waals surface area contributed by atoms with Crippen molar-refractivity contribution >= 4 is 55.9 Å². The first kappa shape index (κ1) is 23.4. The number of rotatable bonds is 5. The van der Waals surface area contributed by atoms with E-state index in [4.69, 9.17) is 9.97 Å². The van der Waals surface area contributed by atoms with Gasteiger partial charge >= 0.3 is 0 Å². The Morgan fingerprint density at radius 2 is 1.46 bits per heavy atom. The van der Waals surface area contributed by atoms with E-state index in [1.54, 1.807) is 0 Å². The molecule has 0 aliphatic rings. The monoisotopic (exact) mass is 526 g/mol. The number of nitrogens with one attached hydrogen (secondary N) is 1. The van der Waals surface area contributed by atoms with Crippen LogP contribution in [0.3, 0.4) is 0 Å². The van der Waals surface area contributed by atoms with Crippen molar-refractivity contribution in [1.82, 2.24) is 19.5 Å². The van der Waals surface area contributed by atoms with E-state index in [0.29, 0.717) is 0 Å². The molecule has 8 aromatic rings. The van der Waals surface area contributed by atoms with Gasteiger partial charge in [0.05, 0.1) is 22.2 Å². The maximum Gasteiger partial charge on any atom is 0.140 e. The van der Waals surface area contributed by atoms with E-state index in [1.807, 2.05) is 18.2 Å². The molecule has 0 saturated heterocycles. The van der Waals surface area contributed by atoms with Gasteiger partial charge in [-0.25, -0.2) is 9.97 Å². The molecular formula is C37H26N4. The number of imidazole rings is 1. The largest absolute Gasteiger partial charge is 0.338 e. The van der Waals surface area contributed by atoms with E-state index in [9.17, 15) is 0 Å². The highest BCUT2D eigenvalue weighted by atomic mass is 15.0. The van der Waals surface area contributed by atoms with E-state index >= 15 is 0 Å². The minimum Gasteiger partial charge on any atom is -0.338 e. The van der Waals surface area contributed by atoms with E-state index in [2.05, 4.69) is 131 Å². The molecule has 8 rings (SSSR count). The first-order chi connectivity index (χ1) is 20.3. The van der Waals surface area contributed by atoms with Crippen LogP contribution in [-0.2, 0) is 6.54 Å². The lowest BCUT2D eigenvalue weighted by Gasteiger charge is -2.08. The second-order valence-electron chi connectivity index (χ2n) is 10.4. The molecule has 4 nitrogen and oxygen atoms in total. The Balaban J connectivity index is 1.17. The van der Waals surface area contributed by atoms with Crippen LogP contribution >= 0.6 is 0 Å². The average Bonchev–Trinajstić information content (AvgIpc) is 3.59. The molecule has 0 aliphatic carbocycles. The Labute approximate surface area is 237 Å². The van der Waals surface area contributed by atoms with Crippen LogP contribution in [-0.4, -0.2) is 19.5 Å². The van der Waals surface area contributed by atoms with Crippen molar-refractivity contribution in [3.63, 3.8) is 0 Å². The summed E-state index contributed by atoms with van der Waals surface area (Å²) in [6, 6.07) is 44.6. The Morgan fingerprint density at radius 1 is 0.634 bits per heavy atom. The maximum absolute atomic E-state index is 5.05. The summed E-state index contributed by atoms with van der Waals surface area (Å²) < 4.78 is 2.41. The molecule has 4 heteroatoms. The summed E-state index contributed by atoms with van der Waals surface area (Å²) in [6.45, 7) is 0.842. The van der Waals surface area contributed by atoms with E-state index < -0.39 is 0 Å². The number of nitrogens with zero attached hydrogens (tertiary/aromatic N) is 3. The van der Waals surface area contributed by atoms with Gasteiger partial charge in [-0.3, -0.25) is 0 Å². The van der Waals surface area contributed by atoms with Gasteiger partial charge < -0.3 is 9.55 Å². The fourth-order valence-corrected chi connectivity index (χ4v) is 5.82. The molecule has 0 bridgehead atoms. The zero-order valence-corrected chi connectivity index (χ0v) is 22.3. The smallest absolute Gasteiger partial charge is 0.140 e. The third-order valence-electron chi connectivity index (χ3n) is 7.81. The average molecular weight is 527 g/mol. The Hall–Kier alpha value is -5.48. The molecule has 1 N–H and O–H groups in total. The van der Waals surface area contributed by atoms with Crippen LogP contribution in [0.4, 0.5) is 0 Å². The number of pyridine rings is 1. The first-order valence-corrected chi connectivity index (χ1v) is 13.9. The first-order valence-electron chi connectivity index (χ1n) is 13.9. The highest BCUT2D eigenvalue weighted by molar-refractivity contribution is 6.09. The third kappa shape index (κ3) is 4.17. The molecule has 0 fully saturated rings. The Morgan fingerprint density at radius 3 is 2.39 bits per heavy atom. The van der Waals surface area contributed by atoms with Crippen LogP contribution in [0.2, 0.25) is 0 Å². The molecule has 0 saturated carbocycles. The second kappa shape index (κ2) is 9.61. The van der Waals surface area contributed by atoms with Crippen molar-refractivity contribution in [3.05, 3.63) is 144 Å². The second-order valence-corrected chi connectivity index (χ2v) is 10.4. The minimum absolute atomic E-state index is 0.836. The molecular weight excluding hydrogens is 500 g/mol. The molecule has 0 radical (unpaired) electrons. The quantitative estimate of drug-likeness (QED) is 0.243. The highest BCUT2D eigenvalue weighted by Crippen LogP contribution is 2.31. The molecule has 0 atom stereocenters. The van der Waals surface area contributed by atoms with Crippen LogP contribution < -0.4 is 0 Å². The van der Waals surface area contributed by atoms with Crippen molar-refractivity contribution in [3.8, 4) is 11.4 Å². The van der Waals surface area contributed by atoms with Gasteiger partial charge in [-0.15, -0.1) is 0 Å². The molecule has 0 unspecified atom stereocenters. The van der Waals surface area contributed by atoms with Gasteiger partial charge in [0.15, 0.2) is 0 Å². The lowest BCUT2D eigenvalue weighted by Crippen LogP contribution is -1.98. The van der Waals surface area contributed by atoms with Gasteiger partial charge in [0.25, 0.3) is 0 Å². The Kier molecular flexibility index (Phi) is 5.49. The zero-order valence-electron chi connectivity index (χ0n) is 22.3. The summed E-state index contributed by atoms with van der Waals surface area (Å²) in [5.74, 6) is 0.836. The summed E-state index contributed by atoms with van der Waals surface area (Å²) in [6.07, 6.45) is 4.25. The van der Waals surface area contributed by atoms with Gasteiger partial charge in [-0.2, -0.15) is 0 Å². The maximum atomic E-state index is 5.05. The highest BCUT2D eigenvalue weighted by Gasteiger charge is 2.12.